The minimum Gasteiger partial charge on any atom is -0.228 e. The molecule has 4 bridgehead atoms. The first kappa shape index (κ1) is 15.2. The molecule has 4 aliphatic rings. The lowest BCUT2D eigenvalue weighted by atomic mass is 10.2. The topological polar surface area (TPSA) is 68.3 Å². The van der Waals surface area contributed by atoms with E-state index in [0.717, 1.165) is 0 Å². The van der Waals surface area contributed by atoms with Crippen molar-refractivity contribution in [3.63, 3.8) is 0 Å². The molecular weight excluding hydrogens is 320 g/mol. The normalized spacial score (nSPS) is 19.6. The van der Waals surface area contributed by atoms with Gasteiger partial charge in [-0.25, -0.2) is 16.8 Å². The highest BCUT2D eigenvalue weighted by Gasteiger charge is 2.17. The smallest absolute Gasteiger partial charge is 0.158 e. The van der Waals surface area contributed by atoms with Crippen LogP contribution in [0.25, 0.3) is 0 Å². The summed E-state index contributed by atoms with van der Waals surface area (Å²) >= 11 is 0. The van der Waals surface area contributed by atoms with Crippen LogP contribution in [-0.2, 0) is 42.7 Å². The van der Waals surface area contributed by atoms with Crippen molar-refractivity contribution in [3.05, 3.63) is 70.8 Å². The Morgan fingerprint density at radius 3 is 0.818 bits per heavy atom. The van der Waals surface area contributed by atoms with Crippen molar-refractivity contribution in [2.24, 2.45) is 0 Å². The predicted octanol–water partition coefficient (Wildman–Crippen LogP) is 2.23. The molecular formula is C16H16O4S2. The molecule has 0 radical (unpaired) electrons. The van der Waals surface area contributed by atoms with Gasteiger partial charge in [-0.05, 0) is 22.3 Å². The molecule has 2 aromatic rings. The van der Waals surface area contributed by atoms with Crippen LogP contribution in [0.15, 0.2) is 48.5 Å². The van der Waals surface area contributed by atoms with Gasteiger partial charge in [-0.1, -0.05) is 48.5 Å². The maximum atomic E-state index is 12.2. The van der Waals surface area contributed by atoms with E-state index in [1.165, 1.54) is 0 Å². The third kappa shape index (κ3) is 3.75. The Morgan fingerprint density at radius 2 is 0.636 bits per heavy atom. The second-order valence-corrected chi connectivity index (χ2v) is 9.83. The highest BCUT2D eigenvalue weighted by molar-refractivity contribution is 7.90. The quantitative estimate of drug-likeness (QED) is 0.740. The molecule has 6 rings (SSSR count). The summed E-state index contributed by atoms with van der Waals surface area (Å²) in [5.74, 6) is -0.160. The largest absolute Gasteiger partial charge is 0.228 e. The lowest BCUT2D eigenvalue weighted by molar-refractivity contribution is 0.592. The molecule has 4 nitrogen and oxygen atoms in total. The van der Waals surface area contributed by atoms with Crippen molar-refractivity contribution < 1.29 is 16.8 Å². The van der Waals surface area contributed by atoms with Crippen molar-refractivity contribution in [3.8, 4) is 0 Å². The fraction of sp³-hybridized carbons (Fsp3) is 0.250. The van der Waals surface area contributed by atoms with Gasteiger partial charge in [0.25, 0.3) is 0 Å². The zero-order valence-electron chi connectivity index (χ0n) is 11.9. The predicted molar refractivity (Wildman–Crippen MR) is 85.5 cm³/mol. The maximum absolute atomic E-state index is 12.2. The van der Waals surface area contributed by atoms with Gasteiger partial charge >= 0.3 is 0 Å². The molecule has 0 fully saturated rings. The van der Waals surface area contributed by atoms with Crippen molar-refractivity contribution in [1.82, 2.24) is 0 Å². The van der Waals surface area contributed by atoms with Crippen LogP contribution < -0.4 is 0 Å². The van der Waals surface area contributed by atoms with E-state index in [1.54, 1.807) is 48.5 Å². The van der Waals surface area contributed by atoms with Gasteiger partial charge in [0.2, 0.25) is 0 Å². The molecule has 6 heteroatoms. The van der Waals surface area contributed by atoms with Crippen LogP contribution in [0.5, 0.6) is 0 Å². The third-order valence-electron chi connectivity index (χ3n) is 3.59. The minimum absolute atomic E-state index is 0.0399. The number of hydrogen-bond acceptors (Lipinski definition) is 4. The summed E-state index contributed by atoms with van der Waals surface area (Å²) in [7, 11) is -6.49. The number of sulfone groups is 2. The Hall–Kier alpha value is -1.66. The summed E-state index contributed by atoms with van der Waals surface area (Å²) < 4.78 is 48.9. The third-order valence-corrected chi connectivity index (χ3v) is 6.68. The van der Waals surface area contributed by atoms with Crippen molar-refractivity contribution in [2.75, 3.05) is 0 Å². The van der Waals surface area contributed by atoms with E-state index in [2.05, 4.69) is 0 Å². The molecule has 0 unspecified atom stereocenters. The average Bonchev–Trinajstić information content (AvgIpc) is 2.41. The van der Waals surface area contributed by atoms with Gasteiger partial charge in [0.1, 0.15) is 0 Å². The molecule has 0 N–H and O–H groups in total. The van der Waals surface area contributed by atoms with Crippen LogP contribution in [0.4, 0.5) is 0 Å². The molecule has 0 aromatic heterocycles. The zero-order valence-corrected chi connectivity index (χ0v) is 13.5. The standard InChI is InChI=1S/C16H16O4S2/c17-21(18)9-13-1-2-14(4-3-13)10-22(19,20)12-16-7-5-15(11-21)6-8-16/h1-8H,9-12H2. The Balaban J connectivity index is 2.07. The van der Waals surface area contributed by atoms with E-state index >= 15 is 0 Å². The monoisotopic (exact) mass is 336 g/mol. The zero-order chi connectivity index (χ0) is 15.8. The van der Waals surface area contributed by atoms with Crippen LogP contribution in [0.1, 0.15) is 22.3 Å². The van der Waals surface area contributed by atoms with E-state index in [4.69, 9.17) is 0 Å². The first-order valence-corrected chi connectivity index (χ1v) is 10.5. The van der Waals surface area contributed by atoms with Crippen molar-refractivity contribution >= 4 is 19.7 Å². The molecule has 0 atom stereocenters. The second kappa shape index (κ2) is 5.52. The summed E-state index contributed by atoms with van der Waals surface area (Å²) in [5.41, 5.74) is 2.70. The fourth-order valence-electron chi connectivity index (χ4n) is 2.58. The Morgan fingerprint density at radius 1 is 0.455 bits per heavy atom. The average molecular weight is 336 g/mol. The van der Waals surface area contributed by atoms with E-state index in [9.17, 15) is 16.8 Å². The molecule has 116 valence electrons. The van der Waals surface area contributed by atoms with Gasteiger partial charge in [0.15, 0.2) is 19.7 Å². The number of benzene rings is 2. The van der Waals surface area contributed by atoms with Gasteiger partial charge in [-0.3, -0.25) is 0 Å². The fourth-order valence-corrected chi connectivity index (χ4v) is 5.59. The molecule has 0 saturated heterocycles. The van der Waals surface area contributed by atoms with Crippen molar-refractivity contribution in [1.29, 1.82) is 0 Å². The molecule has 22 heavy (non-hydrogen) atoms. The summed E-state index contributed by atoms with van der Waals surface area (Å²) in [6.07, 6.45) is 0. The molecule has 0 amide bonds. The van der Waals surface area contributed by atoms with E-state index < -0.39 is 19.7 Å². The maximum Gasteiger partial charge on any atom is 0.158 e. The first-order chi connectivity index (χ1) is 10.3. The van der Waals surface area contributed by atoms with Crippen LogP contribution in [-0.4, -0.2) is 16.8 Å². The van der Waals surface area contributed by atoms with Crippen molar-refractivity contribution in [2.45, 2.75) is 23.0 Å². The lowest BCUT2D eigenvalue weighted by Crippen LogP contribution is -2.11. The Kier molecular flexibility index (Phi) is 3.82. The van der Waals surface area contributed by atoms with Crippen LogP contribution in [0.2, 0.25) is 0 Å². The van der Waals surface area contributed by atoms with E-state index in [0.29, 0.717) is 22.3 Å². The number of hydrogen-bond donors (Lipinski definition) is 0. The van der Waals surface area contributed by atoms with Crippen LogP contribution in [0.3, 0.4) is 0 Å². The van der Waals surface area contributed by atoms with Gasteiger partial charge in [-0.2, -0.15) is 0 Å². The van der Waals surface area contributed by atoms with Gasteiger partial charge in [-0.15, -0.1) is 0 Å². The minimum atomic E-state index is -3.24. The molecule has 0 aliphatic carbocycles. The summed E-state index contributed by atoms with van der Waals surface area (Å²) in [6.45, 7) is 0. The first-order valence-electron chi connectivity index (χ1n) is 6.88. The van der Waals surface area contributed by atoms with Gasteiger partial charge in [0, 0.05) is 0 Å². The lowest BCUT2D eigenvalue weighted by Gasteiger charge is -2.10. The van der Waals surface area contributed by atoms with E-state index in [1.807, 2.05) is 0 Å². The van der Waals surface area contributed by atoms with Crippen LogP contribution in [0, 0.1) is 0 Å². The highest BCUT2D eigenvalue weighted by Crippen LogP contribution is 2.19. The SMILES string of the molecule is O=S1(=O)Cc2ccc(cc2)CS(=O)(=O)Cc2ccc(cc2)C1. The summed E-state index contributed by atoms with van der Waals surface area (Å²) in [6, 6.07) is 13.5. The number of rotatable bonds is 0. The molecule has 0 saturated carbocycles. The van der Waals surface area contributed by atoms with Crippen LogP contribution >= 0.6 is 0 Å². The molecule has 2 aromatic carbocycles. The Bertz CT molecular complexity index is 739. The molecule has 4 heterocycles. The van der Waals surface area contributed by atoms with Gasteiger partial charge < -0.3 is 0 Å². The highest BCUT2D eigenvalue weighted by atomic mass is 32.2. The molecule has 4 aliphatic heterocycles. The molecule has 0 spiro atoms. The summed E-state index contributed by atoms with van der Waals surface area (Å²) in [5, 5.41) is 0. The van der Waals surface area contributed by atoms with E-state index in [-0.39, 0.29) is 23.0 Å². The second-order valence-electron chi connectivity index (χ2n) is 5.70. The summed E-state index contributed by atoms with van der Waals surface area (Å²) in [4.78, 5) is 0. The van der Waals surface area contributed by atoms with Gasteiger partial charge in [0.05, 0.1) is 23.0 Å². The Labute approximate surface area is 130 Å².